The van der Waals surface area contributed by atoms with Gasteiger partial charge in [-0.3, -0.25) is 0 Å². The highest BCUT2D eigenvalue weighted by Crippen LogP contribution is 2.25. The fourth-order valence-corrected chi connectivity index (χ4v) is 4.27. The number of halogens is 1. The van der Waals surface area contributed by atoms with Crippen molar-refractivity contribution in [2.24, 2.45) is 15.9 Å². The Balaban J connectivity index is 1.62. The summed E-state index contributed by atoms with van der Waals surface area (Å²) in [7, 11) is 0. The molecule has 176 valence electrons. The van der Waals surface area contributed by atoms with Crippen LogP contribution in [0.5, 0.6) is 0 Å². The van der Waals surface area contributed by atoms with Gasteiger partial charge >= 0.3 is 6.09 Å². The van der Waals surface area contributed by atoms with Gasteiger partial charge < -0.3 is 20.3 Å². The number of hydrogen-bond donors (Lipinski definition) is 1. The van der Waals surface area contributed by atoms with Gasteiger partial charge in [-0.05, 0) is 44.5 Å². The van der Waals surface area contributed by atoms with E-state index in [1.165, 1.54) is 17.3 Å². The average molecular weight is 533 g/mol. The fourth-order valence-electron chi connectivity index (χ4n) is 3.28. The van der Waals surface area contributed by atoms with Crippen LogP contribution in [0.3, 0.4) is 0 Å². The molecule has 3 rings (SSSR count). The Morgan fingerprint density at radius 1 is 1.15 bits per heavy atom. The summed E-state index contributed by atoms with van der Waals surface area (Å²) in [4.78, 5) is 16.3. The van der Waals surface area contributed by atoms with Crippen LogP contribution in [0.25, 0.3) is 0 Å². The lowest BCUT2D eigenvalue weighted by molar-refractivity contribution is 0.0240. The second-order valence-corrected chi connectivity index (χ2v) is 10.5. The van der Waals surface area contributed by atoms with Crippen molar-refractivity contribution in [3.63, 3.8) is 0 Å². The monoisotopic (exact) mass is 531 g/mol. The molecule has 0 aliphatic carbocycles. The number of anilines is 1. The van der Waals surface area contributed by atoms with Crippen molar-refractivity contribution in [1.29, 1.82) is 0 Å². The third-order valence-corrected chi connectivity index (χ3v) is 6.19. The molecule has 2 aromatic rings. The summed E-state index contributed by atoms with van der Waals surface area (Å²) in [6, 6.07) is 16.2. The first-order chi connectivity index (χ1) is 15.7. The molecule has 1 fully saturated rings. The van der Waals surface area contributed by atoms with Crippen LogP contribution in [0.4, 0.5) is 10.5 Å². The number of hydrogen-bond acceptors (Lipinski definition) is 6. The number of rotatable bonds is 5. The molecule has 1 aliphatic heterocycles. The van der Waals surface area contributed by atoms with E-state index in [-0.39, 0.29) is 6.09 Å². The second kappa shape index (κ2) is 11.6. The van der Waals surface area contributed by atoms with E-state index in [1.807, 2.05) is 57.2 Å². The van der Waals surface area contributed by atoms with Gasteiger partial charge in [0.15, 0.2) is 5.17 Å². The van der Waals surface area contributed by atoms with Gasteiger partial charge in [-0.15, -0.1) is 5.10 Å². The number of carbonyl (C=O) groups is 1. The summed E-state index contributed by atoms with van der Waals surface area (Å²) in [5, 5.41) is 8.78. The SMILES string of the molecule is CC(C)(C)OC(=O)N1CCN(c2ccc(Br)cc2C=NN=C(N)SCc2ccccc2)CC1. The zero-order valence-electron chi connectivity index (χ0n) is 19.2. The average Bonchev–Trinajstić information content (AvgIpc) is 2.77. The van der Waals surface area contributed by atoms with Gasteiger partial charge in [0.2, 0.25) is 0 Å². The maximum Gasteiger partial charge on any atom is 0.410 e. The van der Waals surface area contributed by atoms with Gasteiger partial charge in [0.25, 0.3) is 0 Å². The Morgan fingerprint density at radius 2 is 1.85 bits per heavy atom. The van der Waals surface area contributed by atoms with Crippen molar-refractivity contribution < 1.29 is 9.53 Å². The summed E-state index contributed by atoms with van der Waals surface area (Å²) in [5.41, 5.74) is 8.67. The standard InChI is InChI=1S/C24H30BrN5O2S/c1-24(2,3)32-23(31)30-13-11-29(12-14-30)21-10-9-20(25)15-19(21)16-27-28-22(26)33-17-18-7-5-4-6-8-18/h4-10,15-16H,11-14,17H2,1-3H3,(H2,26,28). The number of amidine groups is 1. The van der Waals surface area contributed by atoms with E-state index in [4.69, 9.17) is 10.5 Å². The number of carbonyl (C=O) groups excluding carboxylic acids is 1. The third kappa shape index (κ3) is 8.08. The lowest BCUT2D eigenvalue weighted by atomic mass is 10.1. The Morgan fingerprint density at radius 3 is 2.52 bits per heavy atom. The van der Waals surface area contributed by atoms with Gasteiger partial charge in [0, 0.05) is 47.7 Å². The first-order valence-corrected chi connectivity index (χ1v) is 12.5. The van der Waals surface area contributed by atoms with Crippen LogP contribution in [0.1, 0.15) is 31.9 Å². The number of thioether (sulfide) groups is 1. The minimum Gasteiger partial charge on any atom is -0.444 e. The molecule has 0 unspecified atom stereocenters. The summed E-state index contributed by atoms with van der Waals surface area (Å²) in [6.45, 7) is 8.25. The molecule has 1 saturated heterocycles. The maximum atomic E-state index is 12.3. The molecule has 0 aromatic heterocycles. The lowest BCUT2D eigenvalue weighted by Gasteiger charge is -2.37. The van der Waals surface area contributed by atoms with E-state index in [0.29, 0.717) is 31.3 Å². The van der Waals surface area contributed by atoms with Crippen molar-refractivity contribution in [3.8, 4) is 0 Å². The molecule has 0 saturated carbocycles. The quantitative estimate of drug-likeness (QED) is 0.330. The van der Waals surface area contributed by atoms with E-state index in [9.17, 15) is 4.79 Å². The first-order valence-electron chi connectivity index (χ1n) is 10.8. The second-order valence-electron chi connectivity index (χ2n) is 8.61. The van der Waals surface area contributed by atoms with Gasteiger partial charge in [0.05, 0.1) is 6.21 Å². The van der Waals surface area contributed by atoms with E-state index >= 15 is 0 Å². The topological polar surface area (TPSA) is 83.5 Å². The normalized spacial score (nSPS) is 15.2. The minimum absolute atomic E-state index is 0.266. The summed E-state index contributed by atoms with van der Waals surface area (Å²) in [6.07, 6.45) is 1.45. The molecule has 7 nitrogen and oxygen atoms in total. The molecule has 0 bridgehead atoms. The highest BCUT2D eigenvalue weighted by molar-refractivity contribution is 9.10. The summed E-state index contributed by atoms with van der Waals surface area (Å²) in [5.74, 6) is 0.746. The first kappa shape index (κ1) is 25.1. The van der Waals surface area contributed by atoms with Crippen LogP contribution in [0.15, 0.2) is 63.2 Å². The van der Waals surface area contributed by atoms with Gasteiger partial charge in [-0.2, -0.15) is 5.10 Å². The summed E-state index contributed by atoms with van der Waals surface area (Å²) < 4.78 is 6.45. The van der Waals surface area contributed by atoms with Gasteiger partial charge in [-0.1, -0.05) is 58.0 Å². The van der Waals surface area contributed by atoms with Crippen LogP contribution in [0, 0.1) is 0 Å². The highest BCUT2D eigenvalue weighted by atomic mass is 79.9. The van der Waals surface area contributed by atoms with Crippen molar-refractivity contribution in [1.82, 2.24) is 4.90 Å². The zero-order chi connectivity index (χ0) is 23.8. The Hall–Kier alpha value is -2.52. The Kier molecular flexibility index (Phi) is 8.80. The Bertz CT molecular complexity index is 1000. The predicted molar refractivity (Wildman–Crippen MR) is 141 cm³/mol. The van der Waals surface area contributed by atoms with Gasteiger partial charge in [0.1, 0.15) is 5.60 Å². The highest BCUT2D eigenvalue weighted by Gasteiger charge is 2.26. The van der Waals surface area contributed by atoms with E-state index in [0.717, 1.165) is 21.5 Å². The smallest absolute Gasteiger partial charge is 0.410 e. The van der Waals surface area contributed by atoms with Crippen LogP contribution in [-0.4, -0.2) is 54.2 Å². The predicted octanol–water partition coefficient (Wildman–Crippen LogP) is 5.09. The number of ether oxygens (including phenoxy) is 1. The molecule has 9 heteroatoms. The van der Waals surface area contributed by atoms with Crippen LogP contribution < -0.4 is 10.6 Å². The maximum absolute atomic E-state index is 12.3. The number of piperazine rings is 1. The molecule has 1 heterocycles. The molecule has 33 heavy (non-hydrogen) atoms. The molecular weight excluding hydrogens is 502 g/mol. The summed E-state index contributed by atoms with van der Waals surface area (Å²) >= 11 is 4.99. The van der Waals surface area contributed by atoms with Crippen molar-refractivity contribution >= 4 is 50.9 Å². The van der Waals surface area contributed by atoms with Crippen LogP contribution >= 0.6 is 27.7 Å². The Labute approximate surface area is 208 Å². The number of amides is 1. The molecule has 0 atom stereocenters. The van der Waals surface area contributed by atoms with Crippen molar-refractivity contribution in [2.45, 2.75) is 32.1 Å². The number of nitrogens with two attached hydrogens (primary N) is 1. The molecule has 2 N–H and O–H groups in total. The molecule has 1 amide bonds. The van der Waals surface area contributed by atoms with E-state index in [1.54, 1.807) is 11.1 Å². The number of benzene rings is 2. The molecule has 2 aromatic carbocycles. The molecule has 1 aliphatic rings. The minimum atomic E-state index is -0.495. The van der Waals surface area contributed by atoms with Gasteiger partial charge in [-0.25, -0.2) is 4.79 Å². The molecule has 0 radical (unpaired) electrons. The van der Waals surface area contributed by atoms with Crippen LogP contribution in [0.2, 0.25) is 0 Å². The van der Waals surface area contributed by atoms with Crippen molar-refractivity contribution in [2.75, 3.05) is 31.1 Å². The molecule has 0 spiro atoms. The van der Waals surface area contributed by atoms with Crippen LogP contribution in [-0.2, 0) is 10.5 Å². The number of nitrogens with zero attached hydrogens (tertiary/aromatic N) is 4. The van der Waals surface area contributed by atoms with E-state index < -0.39 is 5.60 Å². The van der Waals surface area contributed by atoms with Crippen molar-refractivity contribution in [3.05, 3.63) is 64.1 Å². The molecular formula is C24H30BrN5O2S. The zero-order valence-corrected chi connectivity index (χ0v) is 21.6. The lowest BCUT2D eigenvalue weighted by Crippen LogP contribution is -2.50. The fraction of sp³-hybridized carbons (Fsp3) is 0.375. The third-order valence-electron chi connectivity index (χ3n) is 4.84. The largest absolute Gasteiger partial charge is 0.444 e. The van der Waals surface area contributed by atoms with E-state index in [2.05, 4.69) is 43.2 Å².